The van der Waals surface area contributed by atoms with Crippen LogP contribution in [0.25, 0.3) is 11.1 Å². The average molecular weight is 250 g/mol. The van der Waals surface area contributed by atoms with Gasteiger partial charge in [0.15, 0.2) is 0 Å². The molecule has 2 aromatic rings. The van der Waals surface area contributed by atoms with E-state index in [1.807, 2.05) is 0 Å². The topological polar surface area (TPSA) is 0 Å². The number of hydrogen-bond acceptors (Lipinski definition) is 0. The Kier molecular flexibility index (Phi) is 3.18. The second-order valence-corrected chi connectivity index (χ2v) is 5.90. The highest BCUT2D eigenvalue weighted by molar-refractivity contribution is 5.78. The largest absolute Gasteiger partial charge is 0.0651 e. The predicted octanol–water partition coefficient (Wildman–Crippen LogP) is 5.48. The van der Waals surface area contributed by atoms with Gasteiger partial charge in [-0.3, -0.25) is 0 Å². The third-order valence-electron chi connectivity index (χ3n) is 4.95. The van der Waals surface area contributed by atoms with Gasteiger partial charge >= 0.3 is 0 Å². The standard InChI is InChI=1S/C19H22/c1-4-13(2)14(3)19-17-11-7-5-9-15(17)16-10-6-8-12-18(16)19/h5-14,19H,4H2,1-3H3. The molecular formula is C19H22. The monoisotopic (exact) mass is 250 g/mol. The molecule has 0 bridgehead atoms. The zero-order valence-electron chi connectivity index (χ0n) is 12.1. The van der Waals surface area contributed by atoms with Gasteiger partial charge in [-0.25, -0.2) is 0 Å². The van der Waals surface area contributed by atoms with Crippen molar-refractivity contribution in [3.63, 3.8) is 0 Å². The molecule has 2 atom stereocenters. The third-order valence-corrected chi connectivity index (χ3v) is 4.95. The van der Waals surface area contributed by atoms with E-state index in [2.05, 4.69) is 69.3 Å². The first-order chi connectivity index (χ1) is 9.24. The molecule has 1 aliphatic carbocycles. The molecule has 0 aliphatic heterocycles. The Bertz CT molecular complexity index is 537. The molecule has 0 aromatic heterocycles. The summed E-state index contributed by atoms with van der Waals surface area (Å²) in [5.41, 5.74) is 5.93. The molecule has 0 heterocycles. The van der Waals surface area contributed by atoms with Gasteiger partial charge in [0, 0.05) is 5.92 Å². The Morgan fingerprint density at radius 1 is 0.842 bits per heavy atom. The van der Waals surface area contributed by atoms with Crippen LogP contribution in [0.5, 0.6) is 0 Å². The molecule has 3 rings (SSSR count). The van der Waals surface area contributed by atoms with Crippen molar-refractivity contribution in [1.82, 2.24) is 0 Å². The Balaban J connectivity index is 2.15. The molecule has 0 heteroatoms. The molecule has 0 spiro atoms. The zero-order chi connectivity index (χ0) is 13.4. The van der Waals surface area contributed by atoms with Crippen molar-refractivity contribution >= 4 is 0 Å². The van der Waals surface area contributed by atoms with E-state index in [0.29, 0.717) is 11.8 Å². The van der Waals surface area contributed by atoms with Crippen molar-refractivity contribution in [2.24, 2.45) is 11.8 Å². The highest BCUT2D eigenvalue weighted by Gasteiger charge is 2.33. The van der Waals surface area contributed by atoms with E-state index in [4.69, 9.17) is 0 Å². The summed E-state index contributed by atoms with van der Waals surface area (Å²) in [6.07, 6.45) is 1.25. The fourth-order valence-corrected chi connectivity index (χ4v) is 3.46. The van der Waals surface area contributed by atoms with Gasteiger partial charge < -0.3 is 0 Å². The highest BCUT2D eigenvalue weighted by atomic mass is 14.4. The van der Waals surface area contributed by atoms with Crippen molar-refractivity contribution in [2.45, 2.75) is 33.1 Å². The maximum atomic E-state index is 2.41. The Labute approximate surface area is 116 Å². The van der Waals surface area contributed by atoms with Crippen LogP contribution in [-0.4, -0.2) is 0 Å². The summed E-state index contributed by atoms with van der Waals surface area (Å²) in [6.45, 7) is 7.10. The Morgan fingerprint density at radius 2 is 1.32 bits per heavy atom. The summed E-state index contributed by atoms with van der Waals surface area (Å²) in [7, 11) is 0. The fraction of sp³-hybridized carbons (Fsp3) is 0.368. The quantitative estimate of drug-likeness (QED) is 0.676. The molecule has 98 valence electrons. The third kappa shape index (κ3) is 1.90. The van der Waals surface area contributed by atoms with Crippen molar-refractivity contribution in [2.75, 3.05) is 0 Å². The fourth-order valence-electron chi connectivity index (χ4n) is 3.46. The van der Waals surface area contributed by atoms with Crippen LogP contribution in [0.2, 0.25) is 0 Å². The molecule has 0 nitrogen and oxygen atoms in total. The van der Waals surface area contributed by atoms with Crippen molar-refractivity contribution in [3.05, 3.63) is 59.7 Å². The van der Waals surface area contributed by atoms with Gasteiger partial charge in [-0.15, -0.1) is 0 Å². The summed E-state index contributed by atoms with van der Waals surface area (Å²) in [5, 5.41) is 0. The molecular weight excluding hydrogens is 228 g/mol. The van der Waals surface area contributed by atoms with Gasteiger partial charge in [0.05, 0.1) is 0 Å². The van der Waals surface area contributed by atoms with Crippen LogP contribution in [-0.2, 0) is 0 Å². The van der Waals surface area contributed by atoms with Gasteiger partial charge in [0.2, 0.25) is 0 Å². The van der Waals surface area contributed by atoms with E-state index in [1.54, 1.807) is 0 Å². The van der Waals surface area contributed by atoms with E-state index in [9.17, 15) is 0 Å². The summed E-state index contributed by atoms with van der Waals surface area (Å²) in [5.74, 6) is 2.02. The van der Waals surface area contributed by atoms with Gasteiger partial charge in [-0.2, -0.15) is 0 Å². The summed E-state index contributed by atoms with van der Waals surface area (Å²) in [6, 6.07) is 17.9. The molecule has 19 heavy (non-hydrogen) atoms. The van der Waals surface area contributed by atoms with E-state index in [1.165, 1.54) is 28.7 Å². The minimum Gasteiger partial charge on any atom is -0.0651 e. The minimum absolute atomic E-state index is 0.572. The normalized spacial score (nSPS) is 16.8. The van der Waals surface area contributed by atoms with Gasteiger partial charge in [-0.05, 0) is 34.1 Å². The number of rotatable bonds is 3. The second kappa shape index (κ2) is 4.85. The van der Waals surface area contributed by atoms with Crippen LogP contribution in [0, 0.1) is 11.8 Å². The Hall–Kier alpha value is -1.56. The SMILES string of the molecule is CCC(C)C(C)C1c2ccccc2-c2ccccc21. The lowest BCUT2D eigenvalue weighted by atomic mass is 9.77. The van der Waals surface area contributed by atoms with Crippen LogP contribution in [0.15, 0.2) is 48.5 Å². The summed E-state index contributed by atoms with van der Waals surface area (Å²) in [4.78, 5) is 0. The molecule has 0 N–H and O–H groups in total. The number of benzene rings is 2. The van der Waals surface area contributed by atoms with Crippen molar-refractivity contribution < 1.29 is 0 Å². The van der Waals surface area contributed by atoms with E-state index in [-0.39, 0.29) is 0 Å². The smallest absolute Gasteiger partial charge is 0.0130 e. The summed E-state index contributed by atoms with van der Waals surface area (Å²) < 4.78 is 0. The molecule has 0 saturated carbocycles. The van der Waals surface area contributed by atoms with Crippen molar-refractivity contribution in [3.8, 4) is 11.1 Å². The number of fused-ring (bicyclic) bond motifs is 3. The molecule has 2 unspecified atom stereocenters. The molecule has 0 fully saturated rings. The average Bonchev–Trinajstić information content (AvgIpc) is 2.80. The van der Waals surface area contributed by atoms with E-state index in [0.717, 1.165) is 5.92 Å². The lowest BCUT2D eigenvalue weighted by molar-refractivity contribution is 0.345. The molecule has 0 amide bonds. The van der Waals surface area contributed by atoms with E-state index >= 15 is 0 Å². The minimum atomic E-state index is 0.572. The van der Waals surface area contributed by atoms with Crippen LogP contribution in [0.3, 0.4) is 0 Å². The number of hydrogen-bond donors (Lipinski definition) is 0. The van der Waals surface area contributed by atoms with Gasteiger partial charge in [0.1, 0.15) is 0 Å². The molecule has 0 saturated heterocycles. The predicted molar refractivity (Wildman–Crippen MR) is 82.3 cm³/mol. The highest BCUT2D eigenvalue weighted by Crippen LogP contribution is 2.49. The maximum absolute atomic E-state index is 2.41. The van der Waals surface area contributed by atoms with Crippen LogP contribution < -0.4 is 0 Å². The lowest BCUT2D eigenvalue weighted by Crippen LogP contribution is -2.16. The summed E-state index contributed by atoms with van der Waals surface area (Å²) >= 11 is 0. The van der Waals surface area contributed by atoms with Gasteiger partial charge in [0.25, 0.3) is 0 Å². The Morgan fingerprint density at radius 3 is 1.79 bits per heavy atom. The van der Waals surface area contributed by atoms with Crippen molar-refractivity contribution in [1.29, 1.82) is 0 Å². The zero-order valence-corrected chi connectivity index (χ0v) is 12.1. The maximum Gasteiger partial charge on any atom is 0.0130 e. The first-order valence-electron chi connectivity index (χ1n) is 7.42. The molecule has 0 radical (unpaired) electrons. The van der Waals surface area contributed by atoms with Crippen LogP contribution in [0.4, 0.5) is 0 Å². The van der Waals surface area contributed by atoms with Gasteiger partial charge in [-0.1, -0.05) is 75.7 Å². The van der Waals surface area contributed by atoms with Crippen LogP contribution >= 0.6 is 0 Å². The lowest BCUT2D eigenvalue weighted by Gasteiger charge is -2.27. The first kappa shape index (κ1) is 12.5. The first-order valence-corrected chi connectivity index (χ1v) is 7.42. The van der Waals surface area contributed by atoms with Crippen LogP contribution in [0.1, 0.15) is 44.2 Å². The van der Waals surface area contributed by atoms with E-state index < -0.39 is 0 Å². The molecule has 1 aliphatic rings. The second-order valence-electron chi connectivity index (χ2n) is 5.90. The molecule has 2 aromatic carbocycles.